The summed E-state index contributed by atoms with van der Waals surface area (Å²) >= 11 is 0. The fourth-order valence-electron chi connectivity index (χ4n) is 1.66. The summed E-state index contributed by atoms with van der Waals surface area (Å²) in [7, 11) is 0. The van der Waals surface area contributed by atoms with E-state index in [4.69, 9.17) is 0 Å². The van der Waals surface area contributed by atoms with E-state index in [2.05, 4.69) is 27.7 Å². The van der Waals surface area contributed by atoms with Gasteiger partial charge < -0.3 is 4.79 Å². The maximum absolute atomic E-state index is 10.8. The largest absolute Gasteiger partial charge is 0.303 e. The number of aldehydes is 1. The van der Waals surface area contributed by atoms with Gasteiger partial charge in [0.1, 0.15) is 6.29 Å². The molecule has 0 aromatic heterocycles. The van der Waals surface area contributed by atoms with Gasteiger partial charge in [-0.05, 0) is 18.3 Å². The molecule has 1 atom stereocenters. The van der Waals surface area contributed by atoms with Crippen molar-refractivity contribution in [3.63, 3.8) is 0 Å². The zero-order valence-electron chi connectivity index (χ0n) is 9.60. The molecule has 0 rings (SSSR count). The van der Waals surface area contributed by atoms with Crippen molar-refractivity contribution in [3.8, 4) is 0 Å². The van der Waals surface area contributed by atoms with Gasteiger partial charge in [-0.15, -0.1) is 0 Å². The molecule has 0 saturated carbocycles. The van der Waals surface area contributed by atoms with E-state index in [1.807, 2.05) is 0 Å². The average Bonchev–Trinajstić information content (AvgIpc) is 2.01. The first-order valence-corrected chi connectivity index (χ1v) is 5.45. The highest BCUT2D eigenvalue weighted by Gasteiger charge is 2.17. The standard InChI is InChI=1S/C12H24O/c1-5-6-7-8-11(10-13)9-12(2,3)4/h10-11H,5-9H2,1-4H3. The van der Waals surface area contributed by atoms with Crippen LogP contribution in [0.1, 0.15) is 59.8 Å². The van der Waals surface area contributed by atoms with Gasteiger partial charge in [0.05, 0.1) is 0 Å². The second-order valence-electron chi connectivity index (χ2n) is 5.16. The number of unbranched alkanes of at least 4 members (excludes halogenated alkanes) is 2. The first kappa shape index (κ1) is 12.7. The summed E-state index contributed by atoms with van der Waals surface area (Å²) in [6.07, 6.45) is 6.95. The van der Waals surface area contributed by atoms with Crippen molar-refractivity contribution in [2.75, 3.05) is 0 Å². The summed E-state index contributed by atoms with van der Waals surface area (Å²) < 4.78 is 0. The molecule has 0 bridgehead atoms. The molecule has 1 nitrogen and oxygen atoms in total. The third kappa shape index (κ3) is 8.01. The fraction of sp³-hybridized carbons (Fsp3) is 0.917. The molecular weight excluding hydrogens is 160 g/mol. The van der Waals surface area contributed by atoms with Crippen LogP contribution in [0.2, 0.25) is 0 Å². The Morgan fingerprint density at radius 3 is 2.23 bits per heavy atom. The van der Waals surface area contributed by atoms with Crippen LogP contribution in [-0.4, -0.2) is 6.29 Å². The maximum atomic E-state index is 10.8. The van der Waals surface area contributed by atoms with Gasteiger partial charge in [-0.25, -0.2) is 0 Å². The number of hydrogen-bond donors (Lipinski definition) is 0. The molecule has 0 heterocycles. The van der Waals surface area contributed by atoms with Gasteiger partial charge in [0.2, 0.25) is 0 Å². The monoisotopic (exact) mass is 184 g/mol. The smallest absolute Gasteiger partial charge is 0.123 e. The summed E-state index contributed by atoms with van der Waals surface area (Å²) in [5, 5.41) is 0. The molecule has 13 heavy (non-hydrogen) atoms. The lowest BCUT2D eigenvalue weighted by atomic mass is 9.83. The van der Waals surface area contributed by atoms with Crippen LogP contribution in [-0.2, 0) is 4.79 Å². The predicted octanol–water partition coefficient (Wildman–Crippen LogP) is 3.82. The van der Waals surface area contributed by atoms with Crippen LogP contribution < -0.4 is 0 Å². The summed E-state index contributed by atoms with van der Waals surface area (Å²) in [5.41, 5.74) is 0.289. The molecule has 0 aromatic rings. The summed E-state index contributed by atoms with van der Waals surface area (Å²) in [4.78, 5) is 10.8. The average molecular weight is 184 g/mol. The predicted molar refractivity (Wildman–Crippen MR) is 57.8 cm³/mol. The molecule has 1 unspecified atom stereocenters. The van der Waals surface area contributed by atoms with Crippen molar-refractivity contribution < 1.29 is 4.79 Å². The molecule has 0 radical (unpaired) electrons. The molecule has 0 aliphatic carbocycles. The summed E-state index contributed by atoms with van der Waals surface area (Å²) in [6.45, 7) is 8.79. The summed E-state index contributed by atoms with van der Waals surface area (Å²) in [5.74, 6) is 0.284. The Morgan fingerprint density at radius 1 is 1.23 bits per heavy atom. The maximum Gasteiger partial charge on any atom is 0.123 e. The molecule has 0 amide bonds. The number of carbonyl (C=O) groups excluding carboxylic acids is 1. The Labute approximate surface area is 82.9 Å². The van der Waals surface area contributed by atoms with Crippen LogP contribution in [0.5, 0.6) is 0 Å². The topological polar surface area (TPSA) is 17.1 Å². The van der Waals surface area contributed by atoms with Crippen molar-refractivity contribution in [3.05, 3.63) is 0 Å². The van der Waals surface area contributed by atoms with E-state index in [0.29, 0.717) is 0 Å². The lowest BCUT2D eigenvalue weighted by Gasteiger charge is -2.22. The third-order valence-corrected chi connectivity index (χ3v) is 2.25. The van der Waals surface area contributed by atoms with E-state index in [1.165, 1.54) is 19.3 Å². The van der Waals surface area contributed by atoms with Crippen molar-refractivity contribution in [1.29, 1.82) is 0 Å². The normalized spacial score (nSPS) is 14.2. The first-order chi connectivity index (χ1) is 5.99. The van der Waals surface area contributed by atoms with Crippen LogP contribution in [0.25, 0.3) is 0 Å². The minimum absolute atomic E-state index is 0.284. The number of hydrogen-bond acceptors (Lipinski definition) is 1. The van der Waals surface area contributed by atoms with Crippen LogP contribution in [0.3, 0.4) is 0 Å². The van der Waals surface area contributed by atoms with Crippen molar-refractivity contribution in [2.24, 2.45) is 11.3 Å². The van der Waals surface area contributed by atoms with Gasteiger partial charge in [0.15, 0.2) is 0 Å². The zero-order valence-corrected chi connectivity index (χ0v) is 9.60. The van der Waals surface area contributed by atoms with Gasteiger partial charge in [0.25, 0.3) is 0 Å². The SMILES string of the molecule is CCCCCC(C=O)CC(C)(C)C. The van der Waals surface area contributed by atoms with Gasteiger partial charge >= 0.3 is 0 Å². The van der Waals surface area contributed by atoms with E-state index < -0.39 is 0 Å². The van der Waals surface area contributed by atoms with E-state index in [9.17, 15) is 4.79 Å². The van der Waals surface area contributed by atoms with E-state index in [-0.39, 0.29) is 11.3 Å². The molecule has 0 fully saturated rings. The Hall–Kier alpha value is -0.330. The van der Waals surface area contributed by atoms with Crippen molar-refractivity contribution in [2.45, 2.75) is 59.8 Å². The second kappa shape index (κ2) is 6.17. The lowest BCUT2D eigenvalue weighted by molar-refractivity contribution is -0.112. The molecule has 0 aliphatic heterocycles. The van der Waals surface area contributed by atoms with Gasteiger partial charge in [-0.1, -0.05) is 47.0 Å². The Kier molecular flexibility index (Phi) is 6.02. The quantitative estimate of drug-likeness (QED) is 0.453. The van der Waals surface area contributed by atoms with Gasteiger partial charge in [-0.3, -0.25) is 0 Å². The first-order valence-electron chi connectivity index (χ1n) is 5.45. The Bertz CT molecular complexity index is 133. The molecule has 0 N–H and O–H groups in total. The highest BCUT2D eigenvalue weighted by molar-refractivity contribution is 5.53. The van der Waals surface area contributed by atoms with Gasteiger partial charge in [-0.2, -0.15) is 0 Å². The highest BCUT2D eigenvalue weighted by atomic mass is 16.1. The number of carbonyl (C=O) groups is 1. The highest BCUT2D eigenvalue weighted by Crippen LogP contribution is 2.26. The minimum Gasteiger partial charge on any atom is -0.303 e. The Balaban J connectivity index is 3.70. The van der Waals surface area contributed by atoms with Gasteiger partial charge in [0, 0.05) is 5.92 Å². The lowest BCUT2D eigenvalue weighted by Crippen LogP contribution is -2.14. The summed E-state index contributed by atoms with van der Waals surface area (Å²) in [6, 6.07) is 0. The minimum atomic E-state index is 0.284. The fourth-order valence-corrected chi connectivity index (χ4v) is 1.66. The van der Waals surface area contributed by atoms with Crippen LogP contribution in [0.4, 0.5) is 0 Å². The van der Waals surface area contributed by atoms with Crippen molar-refractivity contribution >= 4 is 6.29 Å². The molecular formula is C12H24O. The molecule has 0 saturated heterocycles. The van der Waals surface area contributed by atoms with E-state index in [1.54, 1.807) is 0 Å². The zero-order chi connectivity index (χ0) is 10.3. The molecule has 78 valence electrons. The van der Waals surface area contributed by atoms with Crippen LogP contribution in [0, 0.1) is 11.3 Å². The molecule has 0 aromatic carbocycles. The van der Waals surface area contributed by atoms with Crippen LogP contribution >= 0.6 is 0 Å². The van der Waals surface area contributed by atoms with E-state index in [0.717, 1.165) is 19.1 Å². The molecule has 0 aliphatic rings. The second-order valence-corrected chi connectivity index (χ2v) is 5.16. The van der Waals surface area contributed by atoms with E-state index >= 15 is 0 Å². The molecule has 1 heteroatoms. The Morgan fingerprint density at radius 2 is 1.85 bits per heavy atom. The number of rotatable bonds is 6. The molecule has 0 spiro atoms. The van der Waals surface area contributed by atoms with Crippen LogP contribution in [0.15, 0.2) is 0 Å². The third-order valence-electron chi connectivity index (χ3n) is 2.25. The van der Waals surface area contributed by atoms with Crippen molar-refractivity contribution in [1.82, 2.24) is 0 Å².